The molecule has 3 aromatic rings. The van der Waals surface area contributed by atoms with Crippen molar-refractivity contribution >= 4 is 23.3 Å². The number of anilines is 2. The van der Waals surface area contributed by atoms with Crippen LogP contribution in [0.2, 0.25) is 0 Å². The minimum atomic E-state index is -0.327. The molecule has 2 aromatic carbocycles. The highest BCUT2D eigenvalue weighted by Crippen LogP contribution is 2.27. The molecule has 1 aliphatic heterocycles. The van der Waals surface area contributed by atoms with Gasteiger partial charge in [0.1, 0.15) is 11.8 Å². The van der Waals surface area contributed by atoms with Crippen molar-refractivity contribution in [2.45, 2.75) is 25.4 Å². The van der Waals surface area contributed by atoms with Gasteiger partial charge in [0, 0.05) is 11.4 Å². The lowest BCUT2D eigenvalue weighted by atomic mass is 10.0. The monoisotopic (exact) mass is 418 g/mol. The van der Waals surface area contributed by atoms with Gasteiger partial charge in [-0.3, -0.25) is 9.69 Å². The highest BCUT2D eigenvalue weighted by molar-refractivity contribution is 5.96. The first-order valence-corrected chi connectivity index (χ1v) is 10.5. The molecule has 7 heteroatoms. The molecule has 0 aliphatic carbocycles. The van der Waals surface area contributed by atoms with E-state index in [-0.39, 0.29) is 18.0 Å². The maximum Gasteiger partial charge on any atom is 0.319 e. The van der Waals surface area contributed by atoms with E-state index in [9.17, 15) is 9.59 Å². The summed E-state index contributed by atoms with van der Waals surface area (Å²) in [5, 5.41) is 8.51. The highest BCUT2D eigenvalue weighted by Gasteiger charge is 2.29. The fourth-order valence-corrected chi connectivity index (χ4v) is 3.77. The zero-order valence-corrected chi connectivity index (χ0v) is 17.2. The van der Waals surface area contributed by atoms with Crippen LogP contribution < -0.4 is 16.0 Å². The highest BCUT2D eigenvalue weighted by atomic mass is 16.3. The largest absolute Gasteiger partial charge is 0.467 e. The Morgan fingerprint density at radius 2 is 1.55 bits per heavy atom. The molecule has 3 amide bonds. The van der Waals surface area contributed by atoms with E-state index in [4.69, 9.17) is 4.42 Å². The van der Waals surface area contributed by atoms with E-state index < -0.39 is 0 Å². The number of likely N-dealkylation sites (tertiary alicyclic amines) is 1. The molecule has 1 aliphatic rings. The van der Waals surface area contributed by atoms with Crippen molar-refractivity contribution in [2.75, 3.05) is 23.7 Å². The van der Waals surface area contributed by atoms with Crippen molar-refractivity contribution in [2.24, 2.45) is 0 Å². The number of amides is 3. The van der Waals surface area contributed by atoms with Crippen LogP contribution in [-0.4, -0.2) is 29.9 Å². The summed E-state index contributed by atoms with van der Waals surface area (Å²) < 4.78 is 5.19. The second-order valence-corrected chi connectivity index (χ2v) is 7.51. The number of carbonyl (C=O) groups excluding carboxylic acids is 2. The molecule has 1 atom stereocenters. The Morgan fingerprint density at radius 3 is 2.19 bits per heavy atom. The van der Waals surface area contributed by atoms with Crippen molar-refractivity contribution in [1.29, 1.82) is 0 Å². The molecular formula is C24H26N4O3. The molecule has 1 unspecified atom stereocenters. The second-order valence-electron chi connectivity index (χ2n) is 7.51. The molecule has 1 saturated heterocycles. The number of furan rings is 1. The van der Waals surface area contributed by atoms with Gasteiger partial charge < -0.3 is 20.4 Å². The Labute approximate surface area is 181 Å². The van der Waals surface area contributed by atoms with E-state index in [1.54, 1.807) is 42.7 Å². The van der Waals surface area contributed by atoms with Crippen LogP contribution in [0.4, 0.5) is 16.2 Å². The summed E-state index contributed by atoms with van der Waals surface area (Å²) >= 11 is 0. The molecule has 0 saturated carbocycles. The molecular weight excluding hydrogens is 392 g/mol. The molecule has 0 spiro atoms. The standard InChI is InChI=1S/C24H26N4O3/c29-23(22(28-14-4-5-15-28)18-7-2-1-3-8-18)26-19-10-12-20(13-11-19)27-24(30)25-17-21-9-6-16-31-21/h1-3,6-13,16,22H,4-5,14-15,17H2,(H,26,29)(H2,25,27,30). The third kappa shape index (κ3) is 5.52. The average molecular weight is 418 g/mol. The van der Waals surface area contributed by atoms with Gasteiger partial charge >= 0.3 is 6.03 Å². The van der Waals surface area contributed by atoms with E-state index in [0.29, 0.717) is 23.7 Å². The fourth-order valence-electron chi connectivity index (χ4n) is 3.77. The van der Waals surface area contributed by atoms with E-state index >= 15 is 0 Å². The molecule has 1 fully saturated rings. The van der Waals surface area contributed by atoms with E-state index in [1.165, 1.54) is 0 Å². The first kappa shape index (κ1) is 20.7. The first-order chi connectivity index (χ1) is 15.2. The predicted octanol–water partition coefficient (Wildman–Crippen LogP) is 4.38. The number of urea groups is 1. The van der Waals surface area contributed by atoms with Gasteiger partial charge in [-0.2, -0.15) is 0 Å². The van der Waals surface area contributed by atoms with Gasteiger partial charge in [-0.25, -0.2) is 4.79 Å². The normalized spacial score (nSPS) is 14.7. The summed E-state index contributed by atoms with van der Waals surface area (Å²) in [5.74, 6) is 0.629. The van der Waals surface area contributed by atoms with Crippen LogP contribution in [0.25, 0.3) is 0 Å². The number of nitrogens with one attached hydrogen (secondary N) is 3. The summed E-state index contributed by atoms with van der Waals surface area (Å²) in [6, 6.07) is 19.9. The van der Waals surface area contributed by atoms with E-state index in [1.807, 2.05) is 30.3 Å². The van der Waals surface area contributed by atoms with Gasteiger partial charge in [0.05, 0.1) is 12.8 Å². The van der Waals surface area contributed by atoms with Gasteiger partial charge in [-0.15, -0.1) is 0 Å². The van der Waals surface area contributed by atoms with Crippen LogP contribution in [-0.2, 0) is 11.3 Å². The number of hydrogen-bond acceptors (Lipinski definition) is 4. The molecule has 160 valence electrons. The molecule has 0 bridgehead atoms. The van der Waals surface area contributed by atoms with Crippen molar-refractivity contribution in [3.63, 3.8) is 0 Å². The topological polar surface area (TPSA) is 86.6 Å². The maximum absolute atomic E-state index is 13.1. The molecule has 2 heterocycles. The fraction of sp³-hybridized carbons (Fsp3) is 0.250. The van der Waals surface area contributed by atoms with Crippen LogP contribution in [0, 0.1) is 0 Å². The van der Waals surface area contributed by atoms with E-state index in [2.05, 4.69) is 20.9 Å². The summed E-state index contributed by atoms with van der Waals surface area (Å²) in [4.78, 5) is 27.4. The summed E-state index contributed by atoms with van der Waals surface area (Å²) in [6.45, 7) is 2.15. The van der Waals surface area contributed by atoms with Gasteiger partial charge in [0.25, 0.3) is 0 Å². The molecule has 4 rings (SSSR count). The molecule has 7 nitrogen and oxygen atoms in total. The maximum atomic E-state index is 13.1. The third-order valence-electron chi connectivity index (χ3n) is 5.28. The molecule has 0 radical (unpaired) electrons. The van der Waals surface area contributed by atoms with Crippen LogP contribution in [0.5, 0.6) is 0 Å². The lowest BCUT2D eigenvalue weighted by Crippen LogP contribution is -2.35. The number of benzene rings is 2. The Balaban J connectivity index is 1.35. The smallest absolute Gasteiger partial charge is 0.319 e. The average Bonchev–Trinajstić information content (AvgIpc) is 3.49. The quantitative estimate of drug-likeness (QED) is 0.532. The van der Waals surface area contributed by atoms with Gasteiger partial charge in [0.15, 0.2) is 0 Å². The minimum Gasteiger partial charge on any atom is -0.467 e. The number of rotatable bonds is 7. The minimum absolute atomic E-state index is 0.0509. The predicted molar refractivity (Wildman–Crippen MR) is 120 cm³/mol. The van der Waals surface area contributed by atoms with Crippen LogP contribution in [0.15, 0.2) is 77.4 Å². The molecule has 1 aromatic heterocycles. The van der Waals surface area contributed by atoms with Gasteiger partial charge in [0.2, 0.25) is 5.91 Å². The van der Waals surface area contributed by atoms with E-state index in [0.717, 1.165) is 31.5 Å². The number of nitrogens with zero attached hydrogens (tertiary/aromatic N) is 1. The second kappa shape index (κ2) is 9.95. The summed E-state index contributed by atoms with van der Waals surface area (Å²) in [6.07, 6.45) is 3.78. The van der Waals surface area contributed by atoms with Gasteiger partial charge in [-0.05, 0) is 67.9 Å². The zero-order chi connectivity index (χ0) is 21.5. The van der Waals surface area contributed by atoms with Crippen LogP contribution >= 0.6 is 0 Å². The SMILES string of the molecule is O=C(NCc1ccco1)Nc1ccc(NC(=O)C(c2ccccc2)N2CCCC2)cc1. The lowest BCUT2D eigenvalue weighted by molar-refractivity contribution is -0.121. The Hall–Kier alpha value is -3.58. The third-order valence-corrected chi connectivity index (χ3v) is 5.28. The summed E-state index contributed by atoms with van der Waals surface area (Å²) in [5.41, 5.74) is 2.31. The zero-order valence-electron chi connectivity index (χ0n) is 17.2. The molecule has 31 heavy (non-hydrogen) atoms. The van der Waals surface area contributed by atoms with Crippen LogP contribution in [0.1, 0.15) is 30.2 Å². The number of hydrogen-bond donors (Lipinski definition) is 3. The first-order valence-electron chi connectivity index (χ1n) is 10.5. The summed E-state index contributed by atoms with van der Waals surface area (Å²) in [7, 11) is 0. The van der Waals surface area contributed by atoms with Crippen molar-refractivity contribution in [1.82, 2.24) is 10.2 Å². The Kier molecular flexibility index (Phi) is 6.64. The lowest BCUT2D eigenvalue weighted by Gasteiger charge is -2.27. The van der Waals surface area contributed by atoms with Gasteiger partial charge in [-0.1, -0.05) is 30.3 Å². The Bertz CT molecular complexity index is 981. The number of carbonyl (C=O) groups is 2. The van der Waals surface area contributed by atoms with Crippen molar-refractivity contribution < 1.29 is 14.0 Å². The van der Waals surface area contributed by atoms with Crippen molar-refractivity contribution in [3.8, 4) is 0 Å². The Morgan fingerprint density at radius 1 is 0.871 bits per heavy atom. The van der Waals surface area contributed by atoms with Crippen LogP contribution in [0.3, 0.4) is 0 Å². The van der Waals surface area contributed by atoms with Crippen molar-refractivity contribution in [3.05, 3.63) is 84.3 Å². The molecule has 3 N–H and O–H groups in total.